The maximum Gasteiger partial charge on any atom is 0.315 e. The maximum absolute atomic E-state index is 13.2. The van der Waals surface area contributed by atoms with Crippen molar-refractivity contribution < 1.29 is 9.18 Å². The molecule has 2 fully saturated rings. The summed E-state index contributed by atoms with van der Waals surface area (Å²) in [4.78, 5) is 13.7. The van der Waals surface area contributed by atoms with Crippen molar-refractivity contribution >= 4 is 6.03 Å². The number of carbonyl (C=O) groups excluding carboxylic acids is 1. The van der Waals surface area contributed by atoms with Crippen molar-refractivity contribution in [1.82, 2.24) is 15.5 Å². The van der Waals surface area contributed by atoms with Crippen molar-refractivity contribution in [3.8, 4) is 0 Å². The van der Waals surface area contributed by atoms with Crippen molar-refractivity contribution in [1.29, 1.82) is 0 Å². The summed E-state index contributed by atoms with van der Waals surface area (Å²) in [6, 6.07) is 6.78. The van der Waals surface area contributed by atoms with Gasteiger partial charge in [-0.25, -0.2) is 9.18 Å². The van der Waals surface area contributed by atoms with E-state index >= 15 is 0 Å². The summed E-state index contributed by atoms with van der Waals surface area (Å²) < 4.78 is 13.2. The van der Waals surface area contributed by atoms with Gasteiger partial charge in [-0.15, -0.1) is 0 Å². The smallest absolute Gasteiger partial charge is 0.315 e. The van der Waals surface area contributed by atoms with E-state index in [0.29, 0.717) is 6.54 Å². The Morgan fingerprint density at radius 2 is 1.71 bits per heavy atom. The highest BCUT2D eigenvalue weighted by molar-refractivity contribution is 5.77. The van der Waals surface area contributed by atoms with Gasteiger partial charge in [-0.05, 0) is 57.5 Å². The number of hydrogen-bond donors (Lipinski definition) is 2. The SMILES string of the molecule is CN(C)C1(c2ccc(F)cc2)CCC2(CC1)CNC(=O)N2. The first kappa shape index (κ1) is 14.3. The molecule has 0 radical (unpaired) electrons. The fourth-order valence-corrected chi connectivity index (χ4v) is 3.78. The Hall–Kier alpha value is -1.62. The van der Waals surface area contributed by atoms with Crippen molar-refractivity contribution in [3.05, 3.63) is 35.6 Å². The number of nitrogens with one attached hydrogen (secondary N) is 2. The van der Waals surface area contributed by atoms with E-state index in [0.717, 1.165) is 31.2 Å². The molecule has 114 valence electrons. The summed E-state index contributed by atoms with van der Waals surface area (Å²) in [6.45, 7) is 0.707. The number of amides is 2. The van der Waals surface area contributed by atoms with Crippen LogP contribution in [0.3, 0.4) is 0 Å². The highest BCUT2D eigenvalue weighted by Crippen LogP contribution is 2.45. The molecule has 0 atom stereocenters. The minimum Gasteiger partial charge on any atom is -0.336 e. The highest BCUT2D eigenvalue weighted by Gasteiger charge is 2.47. The lowest BCUT2D eigenvalue weighted by Crippen LogP contribution is -2.53. The molecular formula is C16H22FN3O. The molecule has 5 heteroatoms. The number of rotatable bonds is 2. The molecule has 1 aliphatic carbocycles. The summed E-state index contributed by atoms with van der Waals surface area (Å²) in [5.41, 5.74) is 0.976. The second-order valence-electron chi connectivity index (χ2n) is 6.52. The van der Waals surface area contributed by atoms with Crippen LogP contribution in [0.15, 0.2) is 24.3 Å². The monoisotopic (exact) mass is 291 g/mol. The molecule has 0 bridgehead atoms. The van der Waals surface area contributed by atoms with E-state index in [4.69, 9.17) is 0 Å². The van der Waals surface area contributed by atoms with Crippen molar-refractivity contribution in [2.75, 3.05) is 20.6 Å². The first-order chi connectivity index (χ1) is 9.96. The zero-order chi connectivity index (χ0) is 15.1. The van der Waals surface area contributed by atoms with Crippen LogP contribution in [0.25, 0.3) is 0 Å². The zero-order valence-corrected chi connectivity index (χ0v) is 12.6. The molecule has 3 rings (SSSR count). The molecule has 1 aromatic carbocycles. The number of urea groups is 1. The number of nitrogens with zero attached hydrogens (tertiary/aromatic N) is 1. The van der Waals surface area contributed by atoms with Crippen molar-refractivity contribution in [2.24, 2.45) is 0 Å². The molecular weight excluding hydrogens is 269 g/mol. The predicted octanol–water partition coefficient (Wildman–Crippen LogP) is 2.21. The van der Waals surface area contributed by atoms with Gasteiger partial charge in [0.15, 0.2) is 0 Å². The Kier molecular flexibility index (Phi) is 3.40. The predicted molar refractivity (Wildman–Crippen MR) is 79.5 cm³/mol. The topological polar surface area (TPSA) is 44.4 Å². The summed E-state index contributed by atoms with van der Waals surface area (Å²) in [7, 11) is 4.15. The van der Waals surface area contributed by atoms with Gasteiger partial charge in [-0.3, -0.25) is 4.90 Å². The quantitative estimate of drug-likeness (QED) is 0.877. The third-order valence-corrected chi connectivity index (χ3v) is 5.24. The van der Waals surface area contributed by atoms with Crippen LogP contribution in [0.4, 0.5) is 9.18 Å². The number of carbonyl (C=O) groups is 1. The van der Waals surface area contributed by atoms with Crippen molar-refractivity contribution in [3.63, 3.8) is 0 Å². The molecule has 1 saturated heterocycles. The van der Waals surface area contributed by atoms with Gasteiger partial charge in [0, 0.05) is 12.1 Å². The average Bonchev–Trinajstić information content (AvgIpc) is 2.82. The fraction of sp³-hybridized carbons (Fsp3) is 0.562. The van der Waals surface area contributed by atoms with Gasteiger partial charge in [0.2, 0.25) is 0 Å². The van der Waals surface area contributed by atoms with Gasteiger partial charge in [-0.1, -0.05) is 12.1 Å². The van der Waals surface area contributed by atoms with Crippen LogP contribution in [0.1, 0.15) is 31.2 Å². The van der Waals surface area contributed by atoms with Gasteiger partial charge in [0.05, 0.1) is 5.54 Å². The normalized spacial score (nSPS) is 32.3. The highest BCUT2D eigenvalue weighted by atomic mass is 19.1. The number of benzene rings is 1. The zero-order valence-electron chi connectivity index (χ0n) is 12.6. The first-order valence-electron chi connectivity index (χ1n) is 7.45. The fourth-order valence-electron chi connectivity index (χ4n) is 3.78. The van der Waals surface area contributed by atoms with E-state index in [1.54, 1.807) is 0 Å². The summed E-state index contributed by atoms with van der Waals surface area (Å²) in [5.74, 6) is -0.202. The molecule has 1 saturated carbocycles. The standard InChI is InChI=1S/C16H22FN3O/c1-20(2)16(12-3-5-13(17)6-4-12)9-7-15(8-10-16)11-18-14(21)19-15/h3-6H,7-11H2,1-2H3,(H2,18,19,21). The number of halogens is 1. The third-order valence-electron chi connectivity index (χ3n) is 5.24. The van der Waals surface area contributed by atoms with E-state index in [9.17, 15) is 9.18 Å². The Morgan fingerprint density at radius 3 is 2.19 bits per heavy atom. The minimum atomic E-state index is -0.202. The molecule has 21 heavy (non-hydrogen) atoms. The third kappa shape index (κ3) is 2.39. The van der Waals surface area contributed by atoms with Gasteiger partial charge in [0.1, 0.15) is 5.82 Å². The molecule has 4 nitrogen and oxygen atoms in total. The van der Waals surface area contributed by atoms with E-state index in [-0.39, 0.29) is 22.9 Å². The molecule has 2 amide bonds. The lowest BCUT2D eigenvalue weighted by molar-refractivity contribution is 0.0652. The lowest BCUT2D eigenvalue weighted by Gasteiger charge is -2.48. The average molecular weight is 291 g/mol. The Balaban J connectivity index is 1.84. The van der Waals surface area contributed by atoms with Crippen LogP contribution >= 0.6 is 0 Å². The maximum atomic E-state index is 13.2. The van der Waals surface area contributed by atoms with E-state index < -0.39 is 0 Å². The molecule has 1 aliphatic heterocycles. The van der Waals surface area contributed by atoms with Crippen LogP contribution in [0.2, 0.25) is 0 Å². The largest absolute Gasteiger partial charge is 0.336 e. The van der Waals surface area contributed by atoms with E-state index in [1.807, 2.05) is 12.1 Å². The van der Waals surface area contributed by atoms with Crippen LogP contribution < -0.4 is 10.6 Å². The van der Waals surface area contributed by atoms with Gasteiger partial charge in [-0.2, -0.15) is 0 Å². The Bertz CT molecular complexity index is 533. The molecule has 2 aliphatic rings. The van der Waals surface area contributed by atoms with E-state index in [1.165, 1.54) is 12.1 Å². The Labute approximate surface area is 124 Å². The van der Waals surface area contributed by atoms with Gasteiger partial charge >= 0.3 is 6.03 Å². The molecule has 1 aromatic rings. The van der Waals surface area contributed by atoms with Crippen LogP contribution in [-0.4, -0.2) is 37.1 Å². The number of hydrogen-bond acceptors (Lipinski definition) is 2. The van der Waals surface area contributed by atoms with Crippen LogP contribution in [0, 0.1) is 5.82 Å². The summed E-state index contributed by atoms with van der Waals surface area (Å²) in [6.07, 6.45) is 3.77. The summed E-state index contributed by atoms with van der Waals surface area (Å²) >= 11 is 0. The van der Waals surface area contributed by atoms with E-state index in [2.05, 4.69) is 29.6 Å². The summed E-state index contributed by atoms with van der Waals surface area (Å²) in [5, 5.41) is 5.95. The minimum absolute atomic E-state index is 0.0610. The van der Waals surface area contributed by atoms with Gasteiger partial charge in [0.25, 0.3) is 0 Å². The Morgan fingerprint density at radius 1 is 1.10 bits per heavy atom. The molecule has 0 aromatic heterocycles. The molecule has 1 heterocycles. The van der Waals surface area contributed by atoms with Gasteiger partial charge < -0.3 is 10.6 Å². The lowest BCUT2D eigenvalue weighted by atomic mass is 9.69. The van der Waals surface area contributed by atoms with Crippen LogP contribution in [-0.2, 0) is 5.54 Å². The molecule has 2 N–H and O–H groups in total. The van der Waals surface area contributed by atoms with Crippen molar-refractivity contribution in [2.45, 2.75) is 36.8 Å². The molecule has 0 unspecified atom stereocenters. The first-order valence-corrected chi connectivity index (χ1v) is 7.45. The molecule has 1 spiro atoms. The van der Waals surface area contributed by atoms with Crippen LogP contribution in [0.5, 0.6) is 0 Å². The second-order valence-corrected chi connectivity index (χ2v) is 6.52. The second kappa shape index (κ2) is 4.98.